The molecule has 0 spiro atoms. The highest BCUT2D eigenvalue weighted by Crippen LogP contribution is 2.40. The van der Waals surface area contributed by atoms with Crippen LogP contribution in [0.1, 0.15) is 29.6 Å². The molecule has 0 radical (unpaired) electrons. The summed E-state index contributed by atoms with van der Waals surface area (Å²) in [5.74, 6) is -1.16. The lowest BCUT2D eigenvalue weighted by atomic mass is 9.68. The number of halogens is 1. The van der Waals surface area contributed by atoms with Crippen molar-refractivity contribution in [1.82, 2.24) is 0 Å². The summed E-state index contributed by atoms with van der Waals surface area (Å²) in [5, 5.41) is 11.7. The van der Waals surface area contributed by atoms with Crippen LogP contribution >= 0.6 is 15.9 Å². The summed E-state index contributed by atoms with van der Waals surface area (Å²) in [6.45, 7) is 0.318. The van der Waals surface area contributed by atoms with Crippen molar-refractivity contribution in [2.75, 3.05) is 11.9 Å². The van der Waals surface area contributed by atoms with Gasteiger partial charge in [0.2, 0.25) is 5.91 Å². The summed E-state index contributed by atoms with van der Waals surface area (Å²) in [4.78, 5) is 23.1. The Morgan fingerprint density at radius 2 is 2.05 bits per heavy atom. The Bertz CT molecular complexity index is 521. The Hall–Kier alpha value is -1.40. The predicted octanol–water partition coefficient (Wildman–Crippen LogP) is 2.21. The number of carbonyl (C=O) groups is 2. The molecule has 2 rings (SSSR count). The molecule has 1 aromatic carbocycles. The largest absolute Gasteiger partial charge is 0.478 e. The molecule has 1 aliphatic carbocycles. The first kappa shape index (κ1) is 14.0. The molecule has 1 aromatic rings. The van der Waals surface area contributed by atoms with E-state index in [1.807, 2.05) is 0 Å². The van der Waals surface area contributed by atoms with Crippen LogP contribution in [0.2, 0.25) is 0 Å². The van der Waals surface area contributed by atoms with Crippen LogP contribution in [0.5, 0.6) is 0 Å². The summed E-state index contributed by atoms with van der Waals surface area (Å²) in [7, 11) is 0. The number of carboxylic acids is 1. The SMILES string of the molecule is NCC1(C(=O)Nc2cc(Br)cc(C(=O)O)c2)CCC1. The summed E-state index contributed by atoms with van der Waals surface area (Å²) in [6, 6.07) is 4.60. The van der Waals surface area contributed by atoms with Crippen molar-refractivity contribution in [3.63, 3.8) is 0 Å². The molecule has 1 fully saturated rings. The molecule has 5 nitrogen and oxygen atoms in total. The van der Waals surface area contributed by atoms with Gasteiger partial charge < -0.3 is 16.2 Å². The minimum Gasteiger partial charge on any atom is -0.478 e. The fourth-order valence-corrected chi connectivity index (χ4v) is 2.67. The van der Waals surface area contributed by atoms with Crippen LogP contribution < -0.4 is 11.1 Å². The van der Waals surface area contributed by atoms with E-state index >= 15 is 0 Å². The first-order chi connectivity index (χ1) is 8.97. The standard InChI is InChI=1S/C13H15BrN2O3/c14-9-4-8(11(17)18)5-10(6-9)16-12(19)13(7-15)2-1-3-13/h4-6H,1-3,7,15H2,(H,16,19)(H,17,18). The van der Waals surface area contributed by atoms with E-state index in [1.54, 1.807) is 6.07 Å². The number of benzene rings is 1. The molecule has 0 bridgehead atoms. The van der Waals surface area contributed by atoms with E-state index in [2.05, 4.69) is 21.2 Å². The normalized spacial score (nSPS) is 16.5. The van der Waals surface area contributed by atoms with Crippen molar-refractivity contribution >= 4 is 33.5 Å². The molecule has 0 aliphatic heterocycles. The van der Waals surface area contributed by atoms with Gasteiger partial charge in [0.05, 0.1) is 11.0 Å². The maximum Gasteiger partial charge on any atom is 0.335 e. The number of nitrogens with two attached hydrogens (primary N) is 1. The second-order valence-corrected chi connectivity index (χ2v) is 5.74. The summed E-state index contributed by atoms with van der Waals surface area (Å²) < 4.78 is 0.609. The minimum atomic E-state index is -1.03. The number of hydrogen-bond donors (Lipinski definition) is 3. The van der Waals surface area contributed by atoms with Crippen molar-refractivity contribution in [2.24, 2.45) is 11.1 Å². The lowest BCUT2D eigenvalue weighted by molar-refractivity contribution is -0.129. The van der Waals surface area contributed by atoms with Gasteiger partial charge in [-0.2, -0.15) is 0 Å². The van der Waals surface area contributed by atoms with Crippen molar-refractivity contribution in [3.05, 3.63) is 28.2 Å². The Balaban J connectivity index is 2.19. The van der Waals surface area contributed by atoms with Gasteiger partial charge in [0.1, 0.15) is 0 Å². The Labute approximate surface area is 119 Å². The first-order valence-corrected chi connectivity index (χ1v) is 6.81. The van der Waals surface area contributed by atoms with Crippen molar-refractivity contribution < 1.29 is 14.7 Å². The highest BCUT2D eigenvalue weighted by molar-refractivity contribution is 9.10. The van der Waals surface area contributed by atoms with Crippen molar-refractivity contribution in [1.29, 1.82) is 0 Å². The highest BCUT2D eigenvalue weighted by atomic mass is 79.9. The summed E-state index contributed by atoms with van der Waals surface area (Å²) in [6.07, 6.45) is 2.58. The van der Waals surface area contributed by atoms with Crippen LogP contribution in [0.25, 0.3) is 0 Å². The smallest absolute Gasteiger partial charge is 0.335 e. The zero-order valence-corrected chi connectivity index (χ0v) is 11.9. The molecule has 102 valence electrons. The molecule has 0 saturated heterocycles. The molecule has 6 heteroatoms. The highest BCUT2D eigenvalue weighted by Gasteiger charge is 2.42. The molecular weight excluding hydrogens is 312 g/mol. The molecule has 1 saturated carbocycles. The maximum absolute atomic E-state index is 12.2. The number of carboxylic acid groups (broad SMARTS) is 1. The van der Waals surface area contributed by atoms with E-state index < -0.39 is 11.4 Å². The minimum absolute atomic E-state index is 0.125. The number of amides is 1. The third kappa shape index (κ3) is 2.79. The van der Waals surface area contributed by atoms with E-state index in [0.717, 1.165) is 19.3 Å². The molecule has 0 atom stereocenters. The third-order valence-corrected chi connectivity index (χ3v) is 4.04. The van der Waals surface area contributed by atoms with E-state index in [1.165, 1.54) is 12.1 Å². The second-order valence-electron chi connectivity index (χ2n) is 4.83. The number of hydrogen-bond acceptors (Lipinski definition) is 3. The zero-order chi connectivity index (χ0) is 14.0. The van der Waals surface area contributed by atoms with Crippen LogP contribution in [0, 0.1) is 5.41 Å². The molecule has 4 N–H and O–H groups in total. The van der Waals surface area contributed by atoms with Crippen LogP contribution in [0.15, 0.2) is 22.7 Å². The van der Waals surface area contributed by atoms with Crippen LogP contribution in [-0.2, 0) is 4.79 Å². The summed E-state index contributed by atoms with van der Waals surface area (Å²) in [5.41, 5.74) is 5.78. The molecule has 1 aliphatic rings. The van der Waals surface area contributed by atoms with Gasteiger partial charge in [-0.05, 0) is 31.0 Å². The molecule has 0 unspecified atom stereocenters. The lowest BCUT2D eigenvalue weighted by Gasteiger charge is -2.39. The fourth-order valence-electron chi connectivity index (χ4n) is 2.18. The first-order valence-electron chi connectivity index (χ1n) is 6.02. The molecule has 19 heavy (non-hydrogen) atoms. The van der Waals surface area contributed by atoms with Crippen LogP contribution in [0.3, 0.4) is 0 Å². The average molecular weight is 327 g/mol. The lowest BCUT2D eigenvalue weighted by Crippen LogP contribution is -2.47. The third-order valence-electron chi connectivity index (χ3n) is 3.59. The van der Waals surface area contributed by atoms with Gasteiger partial charge in [0, 0.05) is 16.7 Å². The van der Waals surface area contributed by atoms with E-state index in [0.29, 0.717) is 16.7 Å². The van der Waals surface area contributed by atoms with Gasteiger partial charge in [-0.3, -0.25) is 4.79 Å². The van der Waals surface area contributed by atoms with E-state index in [-0.39, 0.29) is 11.5 Å². The number of rotatable bonds is 4. The van der Waals surface area contributed by atoms with Gasteiger partial charge in [0.15, 0.2) is 0 Å². The fraction of sp³-hybridized carbons (Fsp3) is 0.385. The Morgan fingerprint density at radius 1 is 1.37 bits per heavy atom. The van der Waals surface area contributed by atoms with Crippen molar-refractivity contribution in [3.8, 4) is 0 Å². The van der Waals surface area contributed by atoms with Gasteiger partial charge in [-0.1, -0.05) is 22.4 Å². The maximum atomic E-state index is 12.2. The van der Waals surface area contributed by atoms with Gasteiger partial charge in [-0.15, -0.1) is 0 Å². The average Bonchev–Trinajstić information content (AvgIpc) is 2.27. The van der Waals surface area contributed by atoms with Gasteiger partial charge in [0.25, 0.3) is 0 Å². The monoisotopic (exact) mass is 326 g/mol. The van der Waals surface area contributed by atoms with Crippen LogP contribution in [-0.4, -0.2) is 23.5 Å². The summed E-state index contributed by atoms with van der Waals surface area (Å²) >= 11 is 3.23. The molecular formula is C13H15BrN2O3. The van der Waals surface area contributed by atoms with Crippen molar-refractivity contribution in [2.45, 2.75) is 19.3 Å². The predicted molar refractivity (Wildman–Crippen MR) is 75.1 cm³/mol. The molecule has 1 amide bonds. The number of anilines is 1. The van der Waals surface area contributed by atoms with Crippen LogP contribution in [0.4, 0.5) is 5.69 Å². The van der Waals surface area contributed by atoms with E-state index in [9.17, 15) is 9.59 Å². The van der Waals surface area contributed by atoms with E-state index in [4.69, 9.17) is 10.8 Å². The molecule has 0 heterocycles. The zero-order valence-electron chi connectivity index (χ0n) is 10.3. The molecule has 0 aromatic heterocycles. The topological polar surface area (TPSA) is 92.4 Å². The Kier molecular flexibility index (Phi) is 3.91. The number of aromatic carboxylic acids is 1. The quantitative estimate of drug-likeness (QED) is 0.790. The number of carbonyl (C=O) groups excluding carboxylic acids is 1. The van der Waals surface area contributed by atoms with Gasteiger partial charge in [-0.25, -0.2) is 4.79 Å². The Morgan fingerprint density at radius 3 is 2.53 bits per heavy atom. The second kappa shape index (κ2) is 5.30. The number of nitrogens with one attached hydrogen (secondary N) is 1. The van der Waals surface area contributed by atoms with Gasteiger partial charge >= 0.3 is 5.97 Å².